The Hall–Kier alpha value is -2.43. The molecule has 1 amide bonds. The van der Waals surface area contributed by atoms with Crippen LogP contribution in [0.2, 0.25) is 0 Å². The first-order valence-corrected chi connectivity index (χ1v) is 4.98. The number of nitrogens with two attached hydrogens (primary N) is 1. The average Bonchev–Trinajstić information content (AvgIpc) is 2.39. The predicted octanol–water partition coefficient (Wildman–Crippen LogP) is 1.25. The third-order valence-corrected chi connectivity index (χ3v) is 2.24. The summed E-state index contributed by atoms with van der Waals surface area (Å²) in [4.78, 5) is 19.2. The van der Waals surface area contributed by atoms with Crippen molar-refractivity contribution in [2.24, 2.45) is 5.73 Å². The van der Waals surface area contributed by atoms with Crippen LogP contribution in [-0.2, 0) is 0 Å². The monoisotopic (exact) mass is 229 g/mol. The molecule has 2 rings (SSSR count). The Morgan fingerprint density at radius 2 is 2.12 bits per heavy atom. The quantitative estimate of drug-likeness (QED) is 0.859. The van der Waals surface area contributed by atoms with Crippen LogP contribution >= 0.6 is 0 Å². The Balaban J connectivity index is 2.38. The molecule has 2 aromatic heterocycles. The van der Waals surface area contributed by atoms with E-state index in [0.717, 1.165) is 5.56 Å². The lowest BCUT2D eigenvalue weighted by atomic mass is 10.2. The van der Waals surface area contributed by atoms with E-state index >= 15 is 0 Å². The Morgan fingerprint density at radius 1 is 1.29 bits per heavy atom. The fraction of sp³-hybridized carbons (Fsp3) is 0.0833. The molecule has 2 aromatic rings. The third kappa shape index (κ3) is 2.39. The van der Waals surface area contributed by atoms with Crippen molar-refractivity contribution in [3.63, 3.8) is 0 Å². The van der Waals surface area contributed by atoms with Gasteiger partial charge in [-0.15, -0.1) is 0 Å². The van der Waals surface area contributed by atoms with E-state index < -0.39 is 5.91 Å². The van der Waals surface area contributed by atoms with Crippen molar-refractivity contribution in [1.82, 2.24) is 9.97 Å². The number of carbonyl (C=O) groups is 1. The van der Waals surface area contributed by atoms with E-state index in [9.17, 15) is 4.79 Å². The number of pyridine rings is 2. The van der Waals surface area contributed by atoms with Crippen LogP contribution in [0.15, 0.2) is 36.5 Å². The lowest BCUT2D eigenvalue weighted by molar-refractivity contribution is 0.0995. The molecule has 86 valence electrons. The normalized spacial score (nSPS) is 9.94. The summed E-state index contributed by atoms with van der Waals surface area (Å²) in [5.74, 6) is -0.0203. The minimum absolute atomic E-state index is 0.235. The zero-order valence-corrected chi connectivity index (χ0v) is 9.25. The number of hydrogen-bond acceptors (Lipinski definition) is 4. The lowest BCUT2D eigenvalue weighted by Crippen LogP contribution is -2.13. The van der Waals surface area contributed by atoms with Crippen LogP contribution in [0, 0.1) is 0 Å². The lowest BCUT2D eigenvalue weighted by Gasteiger charge is -2.03. The highest BCUT2D eigenvalue weighted by molar-refractivity contribution is 5.91. The molecule has 5 heteroatoms. The Morgan fingerprint density at radius 3 is 2.71 bits per heavy atom. The zero-order valence-electron chi connectivity index (χ0n) is 9.25. The number of nitrogens with zero attached hydrogens (tertiary/aromatic N) is 2. The molecule has 0 spiro atoms. The summed E-state index contributed by atoms with van der Waals surface area (Å²) in [5, 5.41) is 0. The molecule has 0 atom stereocenters. The summed E-state index contributed by atoms with van der Waals surface area (Å²) in [7, 11) is 1.55. The summed E-state index contributed by atoms with van der Waals surface area (Å²) < 4.78 is 4.96. The average molecular weight is 229 g/mol. The molecule has 0 bridgehead atoms. The number of carbonyl (C=O) groups excluding carboxylic acids is 1. The maximum Gasteiger partial charge on any atom is 0.267 e. The van der Waals surface area contributed by atoms with Gasteiger partial charge in [0.15, 0.2) is 0 Å². The maximum absolute atomic E-state index is 11.0. The van der Waals surface area contributed by atoms with Gasteiger partial charge in [0, 0.05) is 17.8 Å². The molecule has 0 fully saturated rings. The van der Waals surface area contributed by atoms with Crippen LogP contribution in [0.4, 0.5) is 0 Å². The largest absolute Gasteiger partial charge is 0.481 e. The highest BCUT2D eigenvalue weighted by Gasteiger charge is 2.05. The van der Waals surface area contributed by atoms with E-state index in [1.807, 2.05) is 6.07 Å². The highest BCUT2D eigenvalue weighted by Crippen LogP contribution is 2.18. The molecule has 2 N–H and O–H groups in total. The number of aromatic nitrogens is 2. The van der Waals surface area contributed by atoms with Gasteiger partial charge in [-0.1, -0.05) is 6.07 Å². The van der Waals surface area contributed by atoms with Crippen molar-refractivity contribution in [2.45, 2.75) is 0 Å². The molecule has 0 aliphatic heterocycles. The van der Waals surface area contributed by atoms with Gasteiger partial charge in [0.05, 0.1) is 12.8 Å². The Bertz CT molecular complexity index is 538. The van der Waals surface area contributed by atoms with Crippen molar-refractivity contribution in [3.8, 4) is 17.1 Å². The van der Waals surface area contributed by atoms with Crippen molar-refractivity contribution in [1.29, 1.82) is 0 Å². The summed E-state index contributed by atoms with van der Waals surface area (Å²) in [6, 6.07) is 8.64. The van der Waals surface area contributed by atoms with E-state index in [4.69, 9.17) is 10.5 Å². The minimum atomic E-state index is -0.548. The van der Waals surface area contributed by atoms with Crippen molar-refractivity contribution in [3.05, 3.63) is 42.2 Å². The molecular formula is C12H11N3O2. The number of primary amides is 1. The number of methoxy groups -OCH3 is 1. The second-order valence-electron chi connectivity index (χ2n) is 3.36. The van der Waals surface area contributed by atoms with Crippen LogP contribution in [0.1, 0.15) is 10.5 Å². The number of hydrogen-bond donors (Lipinski definition) is 1. The van der Waals surface area contributed by atoms with Crippen LogP contribution < -0.4 is 10.5 Å². The SMILES string of the molecule is COc1ccc(-c2cccc(C(N)=O)n2)cn1. The summed E-state index contributed by atoms with van der Waals surface area (Å²) in [6.45, 7) is 0. The van der Waals surface area contributed by atoms with Crippen LogP contribution in [0.3, 0.4) is 0 Å². The van der Waals surface area contributed by atoms with E-state index in [2.05, 4.69) is 9.97 Å². The van der Waals surface area contributed by atoms with Crippen LogP contribution in [0.25, 0.3) is 11.3 Å². The molecule has 0 radical (unpaired) electrons. The molecule has 2 heterocycles. The molecule has 0 saturated carbocycles. The topological polar surface area (TPSA) is 78.1 Å². The first-order valence-electron chi connectivity index (χ1n) is 4.98. The molecule has 17 heavy (non-hydrogen) atoms. The van der Waals surface area contributed by atoms with Crippen molar-refractivity contribution >= 4 is 5.91 Å². The molecule has 0 aliphatic carbocycles. The number of rotatable bonds is 3. The first-order chi connectivity index (χ1) is 8.20. The molecular weight excluding hydrogens is 218 g/mol. The Labute approximate surface area is 98.3 Å². The van der Waals surface area contributed by atoms with Gasteiger partial charge < -0.3 is 10.5 Å². The summed E-state index contributed by atoms with van der Waals surface area (Å²) in [6.07, 6.45) is 1.63. The second kappa shape index (κ2) is 4.61. The summed E-state index contributed by atoms with van der Waals surface area (Å²) >= 11 is 0. The van der Waals surface area contributed by atoms with Gasteiger partial charge in [-0.2, -0.15) is 0 Å². The second-order valence-corrected chi connectivity index (χ2v) is 3.36. The minimum Gasteiger partial charge on any atom is -0.481 e. The van der Waals surface area contributed by atoms with E-state index in [1.54, 1.807) is 37.6 Å². The number of ether oxygens (including phenoxy) is 1. The number of amides is 1. The predicted molar refractivity (Wildman–Crippen MR) is 62.5 cm³/mol. The highest BCUT2D eigenvalue weighted by atomic mass is 16.5. The van der Waals surface area contributed by atoms with Gasteiger partial charge in [-0.3, -0.25) is 4.79 Å². The van der Waals surface area contributed by atoms with E-state index in [1.165, 1.54) is 0 Å². The third-order valence-electron chi connectivity index (χ3n) is 2.24. The van der Waals surface area contributed by atoms with Crippen molar-refractivity contribution in [2.75, 3.05) is 7.11 Å². The van der Waals surface area contributed by atoms with Gasteiger partial charge >= 0.3 is 0 Å². The fourth-order valence-electron chi connectivity index (χ4n) is 1.39. The van der Waals surface area contributed by atoms with Gasteiger partial charge in [0.2, 0.25) is 5.88 Å². The van der Waals surface area contributed by atoms with Gasteiger partial charge in [-0.25, -0.2) is 9.97 Å². The van der Waals surface area contributed by atoms with Gasteiger partial charge in [0.25, 0.3) is 5.91 Å². The summed E-state index contributed by atoms with van der Waals surface area (Å²) in [5.41, 5.74) is 6.85. The van der Waals surface area contributed by atoms with E-state index in [0.29, 0.717) is 11.6 Å². The first kappa shape index (κ1) is 11.1. The molecule has 0 unspecified atom stereocenters. The maximum atomic E-state index is 11.0. The van der Waals surface area contributed by atoms with Crippen LogP contribution in [0.5, 0.6) is 5.88 Å². The Kier molecular flexibility index (Phi) is 3.00. The fourth-order valence-corrected chi connectivity index (χ4v) is 1.39. The zero-order chi connectivity index (χ0) is 12.3. The van der Waals surface area contributed by atoms with Gasteiger partial charge in [-0.05, 0) is 18.2 Å². The van der Waals surface area contributed by atoms with Gasteiger partial charge in [0.1, 0.15) is 5.69 Å². The standard InChI is InChI=1S/C12H11N3O2/c1-17-11-6-5-8(7-14-11)9-3-2-4-10(15-9)12(13)16/h2-7H,1H3,(H2,13,16). The molecule has 0 aliphatic rings. The smallest absolute Gasteiger partial charge is 0.267 e. The molecule has 0 saturated heterocycles. The molecule has 5 nitrogen and oxygen atoms in total. The van der Waals surface area contributed by atoms with Crippen molar-refractivity contribution < 1.29 is 9.53 Å². The van der Waals surface area contributed by atoms with E-state index in [-0.39, 0.29) is 5.69 Å². The molecule has 0 aromatic carbocycles. The van der Waals surface area contributed by atoms with Crippen LogP contribution in [-0.4, -0.2) is 23.0 Å².